The number of rotatable bonds is 3. The third-order valence-corrected chi connectivity index (χ3v) is 2.72. The van der Waals surface area contributed by atoms with E-state index in [0.717, 1.165) is 0 Å². The van der Waals surface area contributed by atoms with Gasteiger partial charge in [-0.25, -0.2) is 9.18 Å². The first-order valence-corrected chi connectivity index (χ1v) is 4.97. The predicted molar refractivity (Wildman–Crippen MR) is 60.9 cm³/mol. The Morgan fingerprint density at radius 1 is 1.44 bits per heavy atom. The van der Waals surface area contributed by atoms with Gasteiger partial charge in [0, 0.05) is 12.7 Å². The number of anilines is 1. The number of methoxy groups -OCH3 is 1. The largest absolute Gasteiger partial charge is 0.467 e. The summed E-state index contributed by atoms with van der Waals surface area (Å²) in [5.41, 5.74) is -0.196. The van der Waals surface area contributed by atoms with E-state index in [9.17, 15) is 9.18 Å². The minimum atomic E-state index is -0.831. The Hall–Kier alpha value is -1.58. The Kier molecular flexibility index (Phi) is 3.52. The van der Waals surface area contributed by atoms with Crippen molar-refractivity contribution in [2.75, 3.05) is 19.1 Å². The molecule has 0 aliphatic heterocycles. The van der Waals surface area contributed by atoms with E-state index in [1.165, 1.54) is 19.2 Å². The van der Waals surface area contributed by atoms with Crippen molar-refractivity contribution in [3.05, 3.63) is 30.1 Å². The third kappa shape index (κ3) is 2.32. The van der Waals surface area contributed by atoms with Gasteiger partial charge in [0.15, 0.2) is 0 Å². The zero-order chi connectivity index (χ0) is 12.3. The molecule has 0 spiro atoms. The number of hydrogen-bond acceptors (Lipinski definition) is 3. The topological polar surface area (TPSA) is 29.5 Å². The third-order valence-electron chi connectivity index (χ3n) is 2.72. The average molecular weight is 225 g/mol. The van der Waals surface area contributed by atoms with Gasteiger partial charge in [-0.05, 0) is 32.0 Å². The van der Waals surface area contributed by atoms with Crippen molar-refractivity contribution in [3.8, 4) is 0 Å². The van der Waals surface area contributed by atoms with Gasteiger partial charge in [-0.3, -0.25) is 0 Å². The van der Waals surface area contributed by atoms with Crippen LogP contribution >= 0.6 is 0 Å². The number of ether oxygens (including phenoxy) is 1. The molecule has 0 N–H and O–H groups in total. The summed E-state index contributed by atoms with van der Waals surface area (Å²) in [4.78, 5) is 13.3. The number of carbonyl (C=O) groups is 1. The summed E-state index contributed by atoms with van der Waals surface area (Å²) in [6, 6.07) is 6.09. The number of halogens is 1. The molecule has 4 heteroatoms. The maximum atomic E-state index is 13.1. The molecule has 0 amide bonds. The van der Waals surface area contributed by atoms with E-state index in [1.807, 2.05) is 0 Å². The molecule has 1 aromatic carbocycles. The fourth-order valence-corrected chi connectivity index (χ4v) is 1.39. The van der Waals surface area contributed by atoms with Crippen LogP contribution < -0.4 is 4.90 Å². The average Bonchev–Trinajstić information content (AvgIpc) is 2.26. The highest BCUT2D eigenvalue weighted by Gasteiger charge is 2.33. The zero-order valence-corrected chi connectivity index (χ0v) is 9.95. The molecule has 0 aliphatic rings. The summed E-state index contributed by atoms with van der Waals surface area (Å²) in [5, 5.41) is 0. The van der Waals surface area contributed by atoms with Crippen molar-refractivity contribution in [2.45, 2.75) is 19.4 Å². The van der Waals surface area contributed by atoms with Gasteiger partial charge in [-0.15, -0.1) is 0 Å². The lowest BCUT2D eigenvalue weighted by Crippen LogP contribution is -2.48. The van der Waals surface area contributed by atoms with Crippen molar-refractivity contribution in [2.24, 2.45) is 0 Å². The lowest BCUT2D eigenvalue weighted by molar-refractivity contribution is -0.145. The van der Waals surface area contributed by atoms with E-state index < -0.39 is 5.54 Å². The van der Waals surface area contributed by atoms with Crippen LogP contribution in [0.2, 0.25) is 0 Å². The number of nitrogens with zero attached hydrogens (tertiary/aromatic N) is 1. The molecule has 0 fully saturated rings. The van der Waals surface area contributed by atoms with Crippen LogP contribution in [0.3, 0.4) is 0 Å². The van der Waals surface area contributed by atoms with E-state index >= 15 is 0 Å². The summed E-state index contributed by atoms with van der Waals surface area (Å²) in [7, 11) is 3.06. The zero-order valence-electron chi connectivity index (χ0n) is 9.95. The summed E-state index contributed by atoms with van der Waals surface area (Å²) >= 11 is 0. The van der Waals surface area contributed by atoms with Crippen LogP contribution in [-0.4, -0.2) is 25.7 Å². The van der Waals surface area contributed by atoms with E-state index in [2.05, 4.69) is 0 Å². The van der Waals surface area contributed by atoms with Gasteiger partial charge in [-0.1, -0.05) is 6.07 Å². The van der Waals surface area contributed by atoms with Crippen LogP contribution in [0.5, 0.6) is 0 Å². The van der Waals surface area contributed by atoms with Crippen LogP contribution in [0.15, 0.2) is 24.3 Å². The van der Waals surface area contributed by atoms with Crippen LogP contribution in [0.4, 0.5) is 10.1 Å². The Morgan fingerprint density at radius 3 is 2.56 bits per heavy atom. The maximum Gasteiger partial charge on any atom is 0.331 e. The smallest absolute Gasteiger partial charge is 0.331 e. The first kappa shape index (κ1) is 12.5. The van der Waals surface area contributed by atoms with Crippen LogP contribution in [0, 0.1) is 5.82 Å². The maximum absolute atomic E-state index is 13.1. The first-order chi connectivity index (χ1) is 7.39. The molecule has 0 saturated carbocycles. The van der Waals surface area contributed by atoms with Crippen molar-refractivity contribution in [1.29, 1.82) is 0 Å². The van der Waals surface area contributed by atoms with Crippen molar-refractivity contribution >= 4 is 11.7 Å². The second-order valence-electron chi connectivity index (χ2n) is 4.09. The molecule has 0 heterocycles. The molecule has 1 aromatic rings. The second-order valence-corrected chi connectivity index (χ2v) is 4.09. The standard InChI is InChI=1S/C12H16FNO2/c1-12(2,11(15)16-4)14(3)10-7-5-6-9(13)8-10/h5-8H,1-4H3. The summed E-state index contributed by atoms with van der Waals surface area (Å²) in [6.45, 7) is 3.45. The molecule has 16 heavy (non-hydrogen) atoms. The quantitative estimate of drug-likeness (QED) is 0.739. The van der Waals surface area contributed by atoms with Gasteiger partial charge < -0.3 is 9.64 Å². The van der Waals surface area contributed by atoms with Crippen molar-refractivity contribution in [1.82, 2.24) is 0 Å². The number of benzene rings is 1. The Balaban J connectivity index is 3.01. The second kappa shape index (κ2) is 4.51. The highest BCUT2D eigenvalue weighted by Crippen LogP contribution is 2.23. The lowest BCUT2D eigenvalue weighted by Gasteiger charge is -2.34. The van der Waals surface area contributed by atoms with E-state index in [4.69, 9.17) is 4.74 Å². The number of carbonyl (C=O) groups excluding carboxylic acids is 1. The van der Waals surface area contributed by atoms with Crippen LogP contribution in [0.1, 0.15) is 13.8 Å². The van der Waals surface area contributed by atoms with Crippen molar-refractivity contribution in [3.63, 3.8) is 0 Å². The van der Waals surface area contributed by atoms with Crippen LogP contribution in [-0.2, 0) is 9.53 Å². The number of likely N-dealkylation sites (N-methyl/N-ethyl adjacent to an activating group) is 1. The van der Waals surface area contributed by atoms with Crippen molar-refractivity contribution < 1.29 is 13.9 Å². The Labute approximate surface area is 94.8 Å². The lowest BCUT2D eigenvalue weighted by atomic mass is 10.0. The van der Waals surface area contributed by atoms with Gasteiger partial charge in [0.05, 0.1) is 7.11 Å². The van der Waals surface area contributed by atoms with E-state index in [-0.39, 0.29) is 11.8 Å². The van der Waals surface area contributed by atoms with Gasteiger partial charge >= 0.3 is 5.97 Å². The fourth-order valence-electron chi connectivity index (χ4n) is 1.39. The highest BCUT2D eigenvalue weighted by atomic mass is 19.1. The van der Waals surface area contributed by atoms with E-state index in [1.54, 1.807) is 37.9 Å². The molecule has 0 unspecified atom stereocenters. The molecule has 0 aliphatic carbocycles. The summed E-state index contributed by atoms with van der Waals surface area (Å²) < 4.78 is 17.8. The predicted octanol–water partition coefficient (Wildman–Crippen LogP) is 2.21. The molecule has 0 atom stereocenters. The number of esters is 1. The van der Waals surface area contributed by atoms with Gasteiger partial charge in [0.2, 0.25) is 0 Å². The summed E-state index contributed by atoms with van der Waals surface area (Å²) in [5.74, 6) is -0.690. The molecule has 0 aromatic heterocycles. The Bertz CT molecular complexity index is 390. The molecule has 0 radical (unpaired) electrons. The Morgan fingerprint density at radius 2 is 2.06 bits per heavy atom. The SMILES string of the molecule is COC(=O)C(C)(C)N(C)c1cccc(F)c1. The van der Waals surface area contributed by atoms with Crippen LogP contribution in [0.25, 0.3) is 0 Å². The van der Waals surface area contributed by atoms with Gasteiger partial charge in [-0.2, -0.15) is 0 Å². The first-order valence-electron chi connectivity index (χ1n) is 4.97. The molecule has 0 saturated heterocycles. The van der Waals surface area contributed by atoms with Gasteiger partial charge in [0.1, 0.15) is 11.4 Å². The monoisotopic (exact) mass is 225 g/mol. The molecular weight excluding hydrogens is 209 g/mol. The number of hydrogen-bond donors (Lipinski definition) is 0. The molecule has 88 valence electrons. The normalized spacial score (nSPS) is 11.1. The highest BCUT2D eigenvalue weighted by molar-refractivity contribution is 5.84. The molecule has 3 nitrogen and oxygen atoms in total. The summed E-state index contributed by atoms with van der Waals surface area (Å²) in [6.07, 6.45) is 0. The van der Waals surface area contributed by atoms with E-state index in [0.29, 0.717) is 5.69 Å². The minimum Gasteiger partial charge on any atom is -0.467 e. The fraction of sp³-hybridized carbons (Fsp3) is 0.417. The molecule has 0 bridgehead atoms. The molecular formula is C12H16FNO2. The van der Waals surface area contributed by atoms with Gasteiger partial charge in [0.25, 0.3) is 0 Å². The minimum absolute atomic E-state index is 0.329. The molecule has 1 rings (SSSR count).